The molecule has 0 saturated heterocycles. The zero-order valence-corrected chi connectivity index (χ0v) is 13.0. The minimum atomic E-state index is 0.0883. The predicted molar refractivity (Wildman–Crippen MR) is 90.0 cm³/mol. The number of nitrogens with one attached hydrogen (secondary N) is 1. The van der Waals surface area contributed by atoms with Gasteiger partial charge >= 0.3 is 0 Å². The van der Waals surface area contributed by atoms with Crippen LogP contribution < -0.4 is 4.74 Å². The van der Waals surface area contributed by atoms with Gasteiger partial charge in [0.25, 0.3) is 0 Å². The number of methoxy groups -OCH3 is 1. The summed E-state index contributed by atoms with van der Waals surface area (Å²) < 4.78 is 5.26. The average molecular weight is 315 g/mol. The average Bonchev–Trinajstić information content (AvgIpc) is 2.79. The van der Waals surface area contributed by atoms with Crippen LogP contribution in [-0.2, 0) is 0 Å². The largest absolute Gasteiger partial charge is 0.494 e. The molecule has 0 bridgehead atoms. The number of halogens is 1. The van der Waals surface area contributed by atoms with Gasteiger partial charge in [0.15, 0.2) is 5.88 Å². The second kappa shape index (κ2) is 5.73. The second-order valence-corrected chi connectivity index (χ2v) is 5.45. The highest BCUT2D eigenvalue weighted by Gasteiger charge is 2.09. The first-order valence-corrected chi connectivity index (χ1v) is 7.15. The molecule has 0 fully saturated rings. The fourth-order valence-corrected chi connectivity index (χ4v) is 2.51. The summed E-state index contributed by atoms with van der Waals surface area (Å²) in [6, 6.07) is 11.1. The topological polar surface area (TPSA) is 57.6 Å². The summed E-state index contributed by atoms with van der Waals surface area (Å²) in [5, 5.41) is 11.6. The molecule has 0 atom stereocenters. The van der Waals surface area contributed by atoms with Crippen molar-refractivity contribution in [3.05, 3.63) is 52.5 Å². The van der Waals surface area contributed by atoms with Crippen molar-refractivity contribution in [2.45, 2.75) is 6.92 Å². The van der Waals surface area contributed by atoms with E-state index in [4.69, 9.17) is 16.3 Å². The van der Waals surface area contributed by atoms with Crippen molar-refractivity contribution in [1.82, 2.24) is 4.98 Å². The van der Waals surface area contributed by atoms with E-state index < -0.39 is 0 Å². The van der Waals surface area contributed by atoms with Crippen molar-refractivity contribution in [3.8, 4) is 11.6 Å². The molecule has 0 aliphatic rings. The second-order valence-electron chi connectivity index (χ2n) is 5.01. The van der Waals surface area contributed by atoms with Crippen molar-refractivity contribution in [1.29, 1.82) is 0 Å². The van der Waals surface area contributed by atoms with Gasteiger partial charge in [-0.1, -0.05) is 23.7 Å². The summed E-state index contributed by atoms with van der Waals surface area (Å²) in [5.41, 5.74) is 3.23. The number of aromatic nitrogens is 1. The quantitative estimate of drug-likeness (QED) is 0.694. The molecule has 1 aromatic heterocycles. The minimum Gasteiger partial charge on any atom is -0.494 e. The highest BCUT2D eigenvalue weighted by Crippen LogP contribution is 2.32. The van der Waals surface area contributed by atoms with E-state index in [2.05, 4.69) is 9.98 Å². The van der Waals surface area contributed by atoms with Gasteiger partial charge in [-0.3, -0.25) is 4.99 Å². The lowest BCUT2D eigenvalue weighted by Gasteiger charge is -2.04. The summed E-state index contributed by atoms with van der Waals surface area (Å²) >= 11 is 5.99. The molecule has 2 N–H and O–H groups in total. The van der Waals surface area contributed by atoms with E-state index >= 15 is 0 Å². The van der Waals surface area contributed by atoms with Gasteiger partial charge in [0.2, 0.25) is 0 Å². The number of H-pyrrole nitrogens is 1. The first-order chi connectivity index (χ1) is 10.6. The Hall–Kier alpha value is -2.46. The standard InChI is InChI=1S/C17H15ClN2O2/c1-10-3-5-12-13(17(21)20-14(12)7-10)9-19-15-8-11(18)4-6-16(15)22-2/h3-9,20-21H,1-2H3. The maximum Gasteiger partial charge on any atom is 0.198 e. The smallest absolute Gasteiger partial charge is 0.198 e. The summed E-state index contributed by atoms with van der Waals surface area (Å²) in [6.07, 6.45) is 1.61. The zero-order chi connectivity index (χ0) is 15.7. The van der Waals surface area contributed by atoms with Crippen molar-refractivity contribution in [3.63, 3.8) is 0 Å². The van der Waals surface area contributed by atoms with Gasteiger partial charge in [0.1, 0.15) is 11.4 Å². The number of rotatable bonds is 3. The molecule has 0 spiro atoms. The van der Waals surface area contributed by atoms with Crippen LogP contribution in [0.15, 0.2) is 41.4 Å². The predicted octanol–water partition coefficient (Wildman–Crippen LogP) is 4.59. The molecule has 3 aromatic rings. The molecular weight excluding hydrogens is 300 g/mol. The molecule has 2 aromatic carbocycles. The maximum atomic E-state index is 10.1. The lowest BCUT2D eigenvalue weighted by molar-refractivity contribution is 0.416. The highest BCUT2D eigenvalue weighted by atomic mass is 35.5. The van der Waals surface area contributed by atoms with Crippen molar-refractivity contribution in [2.75, 3.05) is 7.11 Å². The Morgan fingerprint density at radius 2 is 2.05 bits per heavy atom. The van der Waals surface area contributed by atoms with Gasteiger partial charge in [-0.05, 0) is 36.8 Å². The molecule has 112 valence electrons. The van der Waals surface area contributed by atoms with E-state index in [0.717, 1.165) is 16.5 Å². The number of ether oxygens (including phenoxy) is 1. The molecule has 0 radical (unpaired) electrons. The van der Waals surface area contributed by atoms with Gasteiger partial charge in [0.05, 0.1) is 12.7 Å². The molecule has 0 aliphatic carbocycles. The normalized spacial score (nSPS) is 11.4. The number of fused-ring (bicyclic) bond motifs is 1. The highest BCUT2D eigenvalue weighted by molar-refractivity contribution is 6.30. The Morgan fingerprint density at radius 3 is 2.82 bits per heavy atom. The van der Waals surface area contributed by atoms with E-state index in [1.54, 1.807) is 31.5 Å². The van der Waals surface area contributed by atoms with Crippen molar-refractivity contribution < 1.29 is 9.84 Å². The first-order valence-electron chi connectivity index (χ1n) is 6.77. The SMILES string of the molecule is COc1ccc(Cl)cc1N=Cc1c(O)[nH]c2cc(C)ccc12. The van der Waals surface area contributed by atoms with E-state index in [-0.39, 0.29) is 5.88 Å². The Labute approximate surface area is 133 Å². The Kier molecular flexibility index (Phi) is 3.77. The molecule has 4 nitrogen and oxygen atoms in total. The summed E-state index contributed by atoms with van der Waals surface area (Å²) in [4.78, 5) is 7.35. The van der Waals surface area contributed by atoms with E-state index in [9.17, 15) is 5.11 Å². The molecule has 22 heavy (non-hydrogen) atoms. The first kappa shape index (κ1) is 14.5. The molecule has 1 heterocycles. The van der Waals surface area contributed by atoms with Crippen molar-refractivity contribution >= 4 is 34.4 Å². The third-order valence-electron chi connectivity index (χ3n) is 3.45. The van der Waals surface area contributed by atoms with Crippen LogP contribution in [-0.4, -0.2) is 23.4 Å². The Bertz CT molecular complexity index is 868. The number of hydrogen-bond donors (Lipinski definition) is 2. The summed E-state index contributed by atoms with van der Waals surface area (Å²) in [7, 11) is 1.58. The van der Waals surface area contributed by atoms with Gasteiger partial charge in [-0.2, -0.15) is 0 Å². The van der Waals surface area contributed by atoms with Crippen LogP contribution >= 0.6 is 11.6 Å². The number of hydrogen-bond acceptors (Lipinski definition) is 3. The van der Waals surface area contributed by atoms with Crippen LogP contribution in [0, 0.1) is 6.92 Å². The molecule has 3 rings (SSSR count). The third kappa shape index (κ3) is 2.65. The number of nitrogens with zero attached hydrogens (tertiary/aromatic N) is 1. The van der Waals surface area contributed by atoms with Crippen LogP contribution in [0.5, 0.6) is 11.6 Å². The number of aromatic amines is 1. The van der Waals surface area contributed by atoms with Crippen LogP contribution in [0.4, 0.5) is 5.69 Å². The summed E-state index contributed by atoms with van der Waals surface area (Å²) in [6.45, 7) is 2.00. The lowest BCUT2D eigenvalue weighted by Crippen LogP contribution is -1.84. The minimum absolute atomic E-state index is 0.0883. The fourth-order valence-electron chi connectivity index (χ4n) is 2.35. The number of aromatic hydroxyl groups is 1. The number of aliphatic imine (C=N–C) groups is 1. The van der Waals surface area contributed by atoms with E-state index in [0.29, 0.717) is 22.0 Å². The Morgan fingerprint density at radius 1 is 1.23 bits per heavy atom. The number of benzene rings is 2. The van der Waals surface area contributed by atoms with Gasteiger partial charge < -0.3 is 14.8 Å². The van der Waals surface area contributed by atoms with Gasteiger partial charge in [-0.15, -0.1) is 0 Å². The lowest BCUT2D eigenvalue weighted by atomic mass is 10.1. The zero-order valence-electron chi connectivity index (χ0n) is 12.2. The molecule has 0 saturated carbocycles. The third-order valence-corrected chi connectivity index (χ3v) is 3.68. The number of aryl methyl sites for hydroxylation is 1. The van der Waals surface area contributed by atoms with Gasteiger partial charge in [-0.25, -0.2) is 0 Å². The van der Waals surface area contributed by atoms with E-state index in [1.165, 1.54) is 0 Å². The van der Waals surface area contributed by atoms with Crippen LogP contribution in [0.1, 0.15) is 11.1 Å². The molecule has 0 unspecified atom stereocenters. The monoisotopic (exact) mass is 314 g/mol. The van der Waals surface area contributed by atoms with Crippen molar-refractivity contribution in [2.24, 2.45) is 4.99 Å². The maximum absolute atomic E-state index is 10.1. The van der Waals surface area contributed by atoms with E-state index in [1.807, 2.05) is 25.1 Å². The molecular formula is C17H15ClN2O2. The Balaban J connectivity index is 2.06. The van der Waals surface area contributed by atoms with Gasteiger partial charge in [0, 0.05) is 22.1 Å². The fraction of sp³-hybridized carbons (Fsp3) is 0.118. The van der Waals surface area contributed by atoms with Crippen LogP contribution in [0.2, 0.25) is 5.02 Å². The van der Waals surface area contributed by atoms with Crippen LogP contribution in [0.3, 0.4) is 0 Å². The summed E-state index contributed by atoms with van der Waals surface area (Å²) in [5.74, 6) is 0.709. The molecule has 0 amide bonds. The molecule has 0 aliphatic heterocycles. The molecule has 5 heteroatoms. The van der Waals surface area contributed by atoms with Crippen LogP contribution in [0.25, 0.3) is 10.9 Å².